The summed E-state index contributed by atoms with van der Waals surface area (Å²) in [7, 11) is 0. The fraction of sp³-hybridized carbons (Fsp3) is 0.571. The molecular weight excluding hydrogens is 198 g/mol. The zero-order valence-corrected chi connectivity index (χ0v) is 11.0. The summed E-state index contributed by atoms with van der Waals surface area (Å²) < 4.78 is 5.98. The summed E-state index contributed by atoms with van der Waals surface area (Å²) in [5, 5.41) is 3.37. The monoisotopic (exact) mass is 221 g/mol. The molecule has 0 aromatic heterocycles. The van der Waals surface area contributed by atoms with Crippen LogP contribution in [-0.4, -0.2) is 18.7 Å². The van der Waals surface area contributed by atoms with E-state index in [9.17, 15) is 0 Å². The average Bonchev–Trinajstić information content (AvgIpc) is 2.23. The first kappa shape index (κ1) is 13.0. The Kier molecular flexibility index (Phi) is 4.81. The van der Waals surface area contributed by atoms with Gasteiger partial charge in [-0.15, -0.1) is 0 Å². The lowest BCUT2D eigenvalue weighted by Gasteiger charge is -2.23. The molecule has 2 nitrogen and oxygen atoms in total. The summed E-state index contributed by atoms with van der Waals surface area (Å²) in [6.45, 7) is 11.5. The molecule has 1 rings (SSSR count). The largest absolute Gasteiger partial charge is 0.489 e. The van der Waals surface area contributed by atoms with Gasteiger partial charge in [0, 0.05) is 6.04 Å². The van der Waals surface area contributed by atoms with Gasteiger partial charge in [0.25, 0.3) is 0 Å². The minimum Gasteiger partial charge on any atom is -0.489 e. The fourth-order valence-electron chi connectivity index (χ4n) is 1.62. The van der Waals surface area contributed by atoms with Crippen molar-refractivity contribution in [2.45, 2.75) is 46.8 Å². The van der Waals surface area contributed by atoms with Crippen LogP contribution in [0.5, 0.6) is 5.75 Å². The predicted molar refractivity (Wildman–Crippen MR) is 69.1 cm³/mol. The Morgan fingerprint density at radius 2 is 1.94 bits per heavy atom. The second-order valence-corrected chi connectivity index (χ2v) is 4.44. The summed E-state index contributed by atoms with van der Waals surface area (Å²) >= 11 is 0. The van der Waals surface area contributed by atoms with Crippen molar-refractivity contribution in [3.05, 3.63) is 29.3 Å². The van der Waals surface area contributed by atoms with E-state index in [0.29, 0.717) is 6.04 Å². The van der Waals surface area contributed by atoms with Crippen LogP contribution in [0.3, 0.4) is 0 Å². The van der Waals surface area contributed by atoms with Crippen LogP contribution < -0.4 is 10.1 Å². The summed E-state index contributed by atoms with van der Waals surface area (Å²) in [6, 6.07) is 6.69. The topological polar surface area (TPSA) is 21.3 Å². The molecular formula is C14H23NO. The van der Waals surface area contributed by atoms with Crippen LogP contribution in [-0.2, 0) is 0 Å². The Labute approximate surface area is 99.0 Å². The number of hydrogen-bond acceptors (Lipinski definition) is 2. The first-order valence-corrected chi connectivity index (χ1v) is 6.02. The van der Waals surface area contributed by atoms with Gasteiger partial charge in [-0.25, -0.2) is 0 Å². The minimum atomic E-state index is 0.181. The highest BCUT2D eigenvalue weighted by molar-refractivity contribution is 5.36. The SMILES string of the molecule is CCNC(C)C(C)Oc1cc(C)ccc1C. The van der Waals surface area contributed by atoms with Crippen LogP contribution in [0, 0.1) is 13.8 Å². The number of hydrogen-bond donors (Lipinski definition) is 1. The molecule has 0 amide bonds. The van der Waals surface area contributed by atoms with Crippen LogP contribution in [0.15, 0.2) is 18.2 Å². The number of ether oxygens (including phenoxy) is 1. The number of aryl methyl sites for hydroxylation is 2. The van der Waals surface area contributed by atoms with Gasteiger partial charge in [-0.1, -0.05) is 19.1 Å². The van der Waals surface area contributed by atoms with Crippen molar-refractivity contribution < 1.29 is 4.74 Å². The lowest BCUT2D eigenvalue weighted by molar-refractivity contribution is 0.178. The van der Waals surface area contributed by atoms with Crippen molar-refractivity contribution >= 4 is 0 Å². The van der Waals surface area contributed by atoms with Gasteiger partial charge in [0.15, 0.2) is 0 Å². The molecule has 1 aromatic carbocycles. The number of benzene rings is 1. The molecule has 0 heterocycles. The van der Waals surface area contributed by atoms with E-state index in [4.69, 9.17) is 4.74 Å². The van der Waals surface area contributed by atoms with E-state index >= 15 is 0 Å². The first-order chi connectivity index (χ1) is 7.54. The van der Waals surface area contributed by atoms with E-state index in [2.05, 4.69) is 58.1 Å². The molecule has 0 saturated carbocycles. The van der Waals surface area contributed by atoms with E-state index in [0.717, 1.165) is 12.3 Å². The molecule has 90 valence electrons. The second kappa shape index (κ2) is 5.90. The molecule has 0 aliphatic heterocycles. The molecule has 0 spiro atoms. The Bertz CT molecular complexity index is 336. The summed E-state index contributed by atoms with van der Waals surface area (Å²) in [5.41, 5.74) is 2.44. The molecule has 0 aliphatic rings. The molecule has 1 N–H and O–H groups in total. The van der Waals surface area contributed by atoms with Gasteiger partial charge in [0.05, 0.1) is 0 Å². The van der Waals surface area contributed by atoms with Crippen LogP contribution in [0.1, 0.15) is 31.9 Å². The summed E-state index contributed by atoms with van der Waals surface area (Å²) in [6.07, 6.45) is 0.181. The standard InChI is InChI=1S/C14H23NO/c1-6-15-12(4)13(5)16-14-9-10(2)7-8-11(14)3/h7-9,12-13,15H,6H2,1-5H3. The van der Waals surface area contributed by atoms with Crippen molar-refractivity contribution in [1.29, 1.82) is 0 Å². The molecule has 2 heteroatoms. The Morgan fingerprint density at radius 3 is 2.56 bits per heavy atom. The van der Waals surface area contributed by atoms with Gasteiger partial charge < -0.3 is 10.1 Å². The van der Waals surface area contributed by atoms with Gasteiger partial charge in [-0.2, -0.15) is 0 Å². The maximum Gasteiger partial charge on any atom is 0.122 e. The Hall–Kier alpha value is -1.02. The summed E-state index contributed by atoms with van der Waals surface area (Å²) in [5.74, 6) is 0.997. The van der Waals surface area contributed by atoms with Crippen LogP contribution >= 0.6 is 0 Å². The highest BCUT2D eigenvalue weighted by Gasteiger charge is 2.13. The van der Waals surface area contributed by atoms with Crippen molar-refractivity contribution in [1.82, 2.24) is 5.32 Å². The van der Waals surface area contributed by atoms with Gasteiger partial charge in [-0.05, 0) is 51.4 Å². The molecule has 2 atom stereocenters. The van der Waals surface area contributed by atoms with Gasteiger partial charge >= 0.3 is 0 Å². The van der Waals surface area contributed by atoms with Crippen LogP contribution in [0.4, 0.5) is 0 Å². The van der Waals surface area contributed by atoms with Crippen molar-refractivity contribution in [3.8, 4) is 5.75 Å². The van der Waals surface area contributed by atoms with E-state index in [1.165, 1.54) is 11.1 Å². The van der Waals surface area contributed by atoms with E-state index in [-0.39, 0.29) is 6.10 Å². The molecule has 0 fully saturated rings. The summed E-state index contributed by atoms with van der Waals surface area (Å²) in [4.78, 5) is 0. The zero-order chi connectivity index (χ0) is 12.1. The average molecular weight is 221 g/mol. The second-order valence-electron chi connectivity index (χ2n) is 4.44. The van der Waals surface area contributed by atoms with E-state index in [1.54, 1.807) is 0 Å². The third-order valence-corrected chi connectivity index (χ3v) is 2.89. The number of likely N-dealkylation sites (N-methyl/N-ethyl adjacent to an activating group) is 1. The molecule has 16 heavy (non-hydrogen) atoms. The molecule has 1 aromatic rings. The lowest BCUT2D eigenvalue weighted by atomic mass is 10.1. The van der Waals surface area contributed by atoms with Gasteiger partial charge in [0.2, 0.25) is 0 Å². The van der Waals surface area contributed by atoms with Crippen molar-refractivity contribution in [2.75, 3.05) is 6.54 Å². The predicted octanol–water partition coefficient (Wildman–Crippen LogP) is 3.07. The number of rotatable bonds is 5. The maximum absolute atomic E-state index is 5.98. The third kappa shape index (κ3) is 3.53. The zero-order valence-electron chi connectivity index (χ0n) is 11.0. The normalized spacial score (nSPS) is 14.6. The fourth-order valence-corrected chi connectivity index (χ4v) is 1.62. The molecule has 0 saturated heterocycles. The van der Waals surface area contributed by atoms with Crippen molar-refractivity contribution in [3.63, 3.8) is 0 Å². The van der Waals surface area contributed by atoms with Gasteiger partial charge in [0.1, 0.15) is 11.9 Å². The smallest absolute Gasteiger partial charge is 0.122 e. The Morgan fingerprint density at radius 1 is 1.25 bits per heavy atom. The molecule has 0 aliphatic carbocycles. The third-order valence-electron chi connectivity index (χ3n) is 2.89. The molecule has 0 radical (unpaired) electrons. The quantitative estimate of drug-likeness (QED) is 0.825. The maximum atomic E-state index is 5.98. The highest BCUT2D eigenvalue weighted by atomic mass is 16.5. The number of nitrogens with one attached hydrogen (secondary N) is 1. The van der Waals surface area contributed by atoms with E-state index in [1.807, 2.05) is 0 Å². The van der Waals surface area contributed by atoms with Crippen LogP contribution in [0.25, 0.3) is 0 Å². The minimum absolute atomic E-state index is 0.181. The Balaban J connectivity index is 2.68. The lowest BCUT2D eigenvalue weighted by Crippen LogP contribution is -2.38. The first-order valence-electron chi connectivity index (χ1n) is 6.02. The molecule has 0 bridgehead atoms. The highest BCUT2D eigenvalue weighted by Crippen LogP contribution is 2.21. The van der Waals surface area contributed by atoms with Crippen LogP contribution in [0.2, 0.25) is 0 Å². The van der Waals surface area contributed by atoms with Gasteiger partial charge in [-0.3, -0.25) is 0 Å². The van der Waals surface area contributed by atoms with E-state index < -0.39 is 0 Å². The molecule has 2 unspecified atom stereocenters. The van der Waals surface area contributed by atoms with Crippen molar-refractivity contribution in [2.24, 2.45) is 0 Å².